The van der Waals surface area contributed by atoms with Crippen LogP contribution in [0.2, 0.25) is 0 Å². The van der Waals surface area contributed by atoms with Crippen molar-refractivity contribution in [1.29, 1.82) is 0 Å². The van der Waals surface area contributed by atoms with E-state index in [4.69, 9.17) is 9.47 Å². The molecule has 1 heterocycles. The van der Waals surface area contributed by atoms with Crippen LogP contribution in [0, 0.1) is 5.41 Å². The number of rotatable bonds is 3. The van der Waals surface area contributed by atoms with Crippen molar-refractivity contribution in [2.45, 2.75) is 26.7 Å². The van der Waals surface area contributed by atoms with Crippen LogP contribution in [0.1, 0.15) is 26.7 Å². The molecule has 0 atom stereocenters. The summed E-state index contributed by atoms with van der Waals surface area (Å²) in [5, 5.41) is 0. The number of carbonyl (C=O) groups excluding carboxylic acids is 3. The van der Waals surface area contributed by atoms with Gasteiger partial charge in [-0.2, -0.15) is 0 Å². The van der Waals surface area contributed by atoms with Gasteiger partial charge in [0.25, 0.3) is 0 Å². The van der Waals surface area contributed by atoms with Crippen molar-refractivity contribution in [2.75, 3.05) is 27.3 Å². The summed E-state index contributed by atoms with van der Waals surface area (Å²) < 4.78 is 11.7. The maximum absolute atomic E-state index is 12.5. The van der Waals surface area contributed by atoms with Gasteiger partial charge in [0.2, 0.25) is 0 Å². The van der Waals surface area contributed by atoms with E-state index < -0.39 is 17.4 Å². The van der Waals surface area contributed by atoms with Gasteiger partial charge in [-0.15, -0.1) is 0 Å². The Kier molecular flexibility index (Phi) is 6.14. The van der Waals surface area contributed by atoms with Crippen LogP contribution in [0.3, 0.4) is 0 Å². The second-order valence-electron chi connectivity index (χ2n) is 6.07. The predicted molar refractivity (Wildman–Crippen MR) is 99.3 cm³/mol. The highest BCUT2D eigenvalue weighted by Gasteiger charge is 2.55. The Balaban J connectivity index is 2.61. The Morgan fingerprint density at radius 1 is 1.08 bits per heavy atom. The monoisotopic (exact) mass is 465 g/mol. The van der Waals surface area contributed by atoms with Crippen LogP contribution < -0.4 is 0 Å². The van der Waals surface area contributed by atoms with Crippen molar-refractivity contribution < 1.29 is 23.9 Å². The maximum Gasteiger partial charge on any atom is 0.323 e. The summed E-state index contributed by atoms with van der Waals surface area (Å²) in [6.45, 7) is 4.64. The molecule has 0 amide bonds. The molecule has 2 aliphatic rings. The number of allylic oxidation sites excluding steroid dienone is 2. The van der Waals surface area contributed by atoms with Gasteiger partial charge in [-0.25, -0.2) is 4.31 Å². The van der Waals surface area contributed by atoms with E-state index in [2.05, 4.69) is 21.2 Å². The number of ketones is 1. The first-order chi connectivity index (χ1) is 11.3. The lowest BCUT2D eigenvalue weighted by molar-refractivity contribution is -0.168. The molecule has 0 saturated heterocycles. The Bertz CT molecular complexity index is 639. The average molecular weight is 465 g/mol. The summed E-state index contributed by atoms with van der Waals surface area (Å²) in [6.07, 6.45) is 0.353. The Morgan fingerprint density at radius 3 is 2.12 bits per heavy atom. The molecule has 0 unspecified atom stereocenters. The number of ether oxygens (including phenoxy) is 2. The van der Waals surface area contributed by atoms with Crippen LogP contribution in [0.15, 0.2) is 22.3 Å². The summed E-state index contributed by atoms with van der Waals surface area (Å²) in [5.41, 5.74) is 1.94. The molecule has 1 fully saturated rings. The molecular formula is C16H20INO5S. The van der Waals surface area contributed by atoms with Crippen molar-refractivity contribution in [1.82, 2.24) is 4.31 Å². The smallest absolute Gasteiger partial charge is 0.323 e. The fourth-order valence-electron chi connectivity index (χ4n) is 3.32. The Morgan fingerprint density at radius 2 is 1.62 bits per heavy atom. The highest BCUT2D eigenvalue weighted by molar-refractivity contribution is 14.2. The topological polar surface area (TPSA) is 72.9 Å². The molecule has 0 aromatic carbocycles. The van der Waals surface area contributed by atoms with Crippen LogP contribution in [-0.2, 0) is 23.9 Å². The minimum Gasteiger partial charge on any atom is -0.468 e. The largest absolute Gasteiger partial charge is 0.468 e. The highest BCUT2D eigenvalue weighted by atomic mass is 127. The lowest BCUT2D eigenvalue weighted by Crippen LogP contribution is -2.38. The first kappa shape index (κ1) is 19.5. The third kappa shape index (κ3) is 3.28. The minimum absolute atomic E-state index is 0.00435. The molecule has 2 rings (SSSR count). The number of Topliss-reactive ketones (excluding diaryl/α,β-unsaturated/α-hetero) is 1. The highest BCUT2D eigenvalue weighted by Crippen LogP contribution is 2.50. The molecule has 132 valence electrons. The van der Waals surface area contributed by atoms with Crippen molar-refractivity contribution in [3.8, 4) is 0 Å². The van der Waals surface area contributed by atoms with Crippen LogP contribution in [0.5, 0.6) is 0 Å². The zero-order chi connectivity index (χ0) is 18.1. The third-order valence-electron chi connectivity index (χ3n) is 4.69. The second-order valence-corrected chi connectivity index (χ2v) is 7.91. The third-order valence-corrected chi connectivity index (χ3v) is 6.82. The molecule has 0 bridgehead atoms. The molecule has 24 heavy (non-hydrogen) atoms. The number of hydrogen-bond donors (Lipinski definition) is 0. The van der Waals surface area contributed by atoms with Crippen LogP contribution in [-0.4, -0.2) is 49.3 Å². The first-order valence-corrected chi connectivity index (χ1v) is 10.7. The van der Waals surface area contributed by atoms with E-state index in [1.165, 1.54) is 23.3 Å². The molecule has 1 aliphatic heterocycles. The van der Waals surface area contributed by atoms with Gasteiger partial charge in [-0.05, 0) is 46.1 Å². The Labute approximate surface area is 157 Å². The van der Waals surface area contributed by atoms with Crippen molar-refractivity contribution >= 4 is 48.0 Å². The van der Waals surface area contributed by atoms with E-state index >= 15 is 0 Å². The summed E-state index contributed by atoms with van der Waals surface area (Å²) in [4.78, 5) is 37.3. The van der Waals surface area contributed by atoms with E-state index in [1.54, 1.807) is 6.92 Å². The van der Waals surface area contributed by atoms with Crippen LogP contribution in [0.4, 0.5) is 0 Å². The molecule has 0 aromatic rings. The molecule has 0 aromatic heterocycles. The summed E-state index contributed by atoms with van der Waals surface area (Å²) in [5.74, 6) is -1.23. The number of esters is 2. The first-order valence-electron chi connectivity index (χ1n) is 7.43. The lowest BCUT2D eigenvalue weighted by Gasteiger charge is -2.23. The zero-order valence-electron chi connectivity index (χ0n) is 14.1. The van der Waals surface area contributed by atoms with Gasteiger partial charge in [-0.3, -0.25) is 14.4 Å². The number of hydrogen-bond acceptors (Lipinski definition) is 7. The van der Waals surface area contributed by atoms with Crippen molar-refractivity contribution in [3.63, 3.8) is 0 Å². The van der Waals surface area contributed by atoms with Gasteiger partial charge >= 0.3 is 11.9 Å². The fourth-order valence-corrected chi connectivity index (χ4v) is 4.57. The fraction of sp³-hybridized carbons (Fsp3) is 0.562. The predicted octanol–water partition coefficient (Wildman–Crippen LogP) is 2.63. The van der Waals surface area contributed by atoms with Gasteiger partial charge in [-0.1, -0.05) is 5.57 Å². The quantitative estimate of drug-likeness (QED) is 0.275. The van der Waals surface area contributed by atoms with E-state index in [1.807, 2.05) is 11.2 Å². The van der Waals surface area contributed by atoms with Crippen LogP contribution in [0.25, 0.3) is 0 Å². The van der Waals surface area contributed by atoms with Crippen molar-refractivity contribution in [2.24, 2.45) is 5.41 Å². The van der Waals surface area contributed by atoms with E-state index in [-0.39, 0.29) is 18.6 Å². The zero-order valence-corrected chi connectivity index (χ0v) is 17.1. The summed E-state index contributed by atoms with van der Waals surface area (Å²) in [6, 6.07) is 0. The number of fused-ring (bicyclic) bond motifs is 1. The average Bonchev–Trinajstić information content (AvgIpc) is 2.99. The van der Waals surface area contributed by atoms with Gasteiger partial charge in [0.05, 0.1) is 20.8 Å². The van der Waals surface area contributed by atoms with Gasteiger partial charge in [0.1, 0.15) is 0 Å². The molecule has 1 saturated carbocycles. The van der Waals surface area contributed by atoms with Gasteiger partial charge in [0, 0.05) is 34.2 Å². The molecule has 6 nitrogen and oxygen atoms in total. The number of methoxy groups -OCH3 is 2. The minimum atomic E-state index is -1.40. The summed E-state index contributed by atoms with van der Waals surface area (Å²) >= 11 is 2.15. The standard InChI is InChI=1S/C16H20INO5S/c1-9-7-18(24-17)8-13(19)10(2)12-6-16(5-11(9)12,14(20)22-3)15(21)23-4/h5-8H2,1-4H3/b11-9-,12-10-. The number of nitrogens with zero attached hydrogens (tertiary/aromatic N) is 1. The Hall–Kier alpha value is -0.870. The molecule has 8 heteroatoms. The molecule has 0 spiro atoms. The van der Waals surface area contributed by atoms with E-state index in [9.17, 15) is 14.4 Å². The normalized spacial score (nSPS) is 27.3. The van der Waals surface area contributed by atoms with Gasteiger partial charge < -0.3 is 9.47 Å². The van der Waals surface area contributed by atoms with Gasteiger partial charge in [0.15, 0.2) is 11.2 Å². The lowest BCUT2D eigenvalue weighted by atomic mass is 9.85. The molecule has 0 N–H and O–H groups in total. The van der Waals surface area contributed by atoms with Crippen LogP contribution >= 0.6 is 30.3 Å². The number of halogens is 1. The molecule has 1 aliphatic carbocycles. The number of carbonyl (C=O) groups is 3. The van der Waals surface area contributed by atoms with Crippen molar-refractivity contribution in [3.05, 3.63) is 22.3 Å². The summed E-state index contributed by atoms with van der Waals surface area (Å²) in [7, 11) is 3.99. The van der Waals surface area contributed by atoms with E-state index in [0.717, 1.165) is 16.7 Å². The SMILES string of the molecule is COC(=O)C1(C(=O)OC)CC2=C(\C)CN(SI)CC(=O)/C(C)=C\2C1. The molecule has 0 radical (unpaired) electrons. The maximum atomic E-state index is 12.5. The molecular weight excluding hydrogens is 445 g/mol. The second kappa shape index (κ2) is 7.57. The van der Waals surface area contributed by atoms with E-state index in [0.29, 0.717) is 18.7 Å².